The normalized spacial score (nSPS) is 19.0. The first-order chi connectivity index (χ1) is 9.45. The van der Waals surface area contributed by atoms with E-state index in [1.54, 1.807) is 18.7 Å². The van der Waals surface area contributed by atoms with Gasteiger partial charge >= 0.3 is 5.97 Å². The van der Waals surface area contributed by atoms with E-state index in [1.165, 1.54) is 7.11 Å². The number of esters is 1. The fourth-order valence-electron chi connectivity index (χ4n) is 2.53. The fraction of sp³-hybridized carbons (Fsp3) is 0.571. The Morgan fingerprint density at radius 3 is 2.70 bits per heavy atom. The van der Waals surface area contributed by atoms with Crippen molar-refractivity contribution in [1.82, 2.24) is 9.88 Å². The largest absolute Gasteiger partial charge is 0.465 e. The Labute approximate surface area is 118 Å². The molecule has 2 rings (SSSR count). The molecular formula is C14H20N2O4. The number of rotatable bonds is 2. The van der Waals surface area contributed by atoms with Crippen LogP contribution in [0.5, 0.6) is 0 Å². The van der Waals surface area contributed by atoms with Gasteiger partial charge in [-0.1, -0.05) is 0 Å². The Morgan fingerprint density at radius 1 is 1.40 bits per heavy atom. The average Bonchev–Trinajstić information content (AvgIpc) is 2.72. The molecule has 1 aliphatic rings. The van der Waals surface area contributed by atoms with Gasteiger partial charge in [0, 0.05) is 18.8 Å². The van der Waals surface area contributed by atoms with Crippen molar-refractivity contribution < 1.29 is 19.1 Å². The molecule has 1 amide bonds. The van der Waals surface area contributed by atoms with Gasteiger partial charge in [-0.25, -0.2) is 4.79 Å². The van der Waals surface area contributed by atoms with Gasteiger partial charge in [0.2, 0.25) is 0 Å². The van der Waals surface area contributed by atoms with E-state index < -0.39 is 5.97 Å². The number of hydrogen-bond donors (Lipinski definition) is 1. The van der Waals surface area contributed by atoms with E-state index in [-0.39, 0.29) is 12.0 Å². The number of nitrogens with zero attached hydrogens (tertiary/aromatic N) is 1. The molecule has 6 heteroatoms. The first-order valence-electron chi connectivity index (χ1n) is 6.64. The minimum absolute atomic E-state index is 0.0316. The average molecular weight is 280 g/mol. The van der Waals surface area contributed by atoms with Gasteiger partial charge in [0.15, 0.2) is 0 Å². The quantitative estimate of drug-likeness (QED) is 0.828. The fourth-order valence-corrected chi connectivity index (χ4v) is 2.53. The molecule has 0 spiro atoms. The summed E-state index contributed by atoms with van der Waals surface area (Å²) in [5, 5.41) is 0. The van der Waals surface area contributed by atoms with Gasteiger partial charge in [0.25, 0.3) is 5.91 Å². The lowest BCUT2D eigenvalue weighted by Gasteiger charge is -2.31. The second kappa shape index (κ2) is 5.66. The van der Waals surface area contributed by atoms with Crippen LogP contribution in [0.4, 0.5) is 0 Å². The molecule has 1 aromatic rings. The number of ether oxygens (including phenoxy) is 2. The summed E-state index contributed by atoms with van der Waals surface area (Å²) in [4.78, 5) is 29.0. The summed E-state index contributed by atoms with van der Waals surface area (Å²) in [6.07, 6.45) is 0.0316. The first kappa shape index (κ1) is 14.6. The maximum Gasteiger partial charge on any atom is 0.339 e. The molecule has 1 saturated heterocycles. The predicted molar refractivity (Wildman–Crippen MR) is 72.9 cm³/mol. The molecule has 0 aliphatic carbocycles. The summed E-state index contributed by atoms with van der Waals surface area (Å²) < 4.78 is 10.2. The Bertz CT molecular complexity index is 536. The van der Waals surface area contributed by atoms with Crippen molar-refractivity contribution in [1.29, 1.82) is 0 Å². The highest BCUT2D eigenvalue weighted by Crippen LogP contribution is 2.21. The molecule has 0 aromatic carbocycles. The van der Waals surface area contributed by atoms with E-state index in [1.807, 2.05) is 6.92 Å². The van der Waals surface area contributed by atoms with Crippen LogP contribution in [0.25, 0.3) is 0 Å². The molecule has 0 bridgehead atoms. The highest BCUT2D eigenvalue weighted by atomic mass is 16.5. The summed E-state index contributed by atoms with van der Waals surface area (Å²) in [5.41, 5.74) is 2.19. The summed E-state index contributed by atoms with van der Waals surface area (Å²) in [6.45, 7) is 7.12. The summed E-state index contributed by atoms with van der Waals surface area (Å²) in [5.74, 6) is -0.526. The Hall–Kier alpha value is -1.82. The first-order valence-corrected chi connectivity index (χ1v) is 6.64. The number of carbonyl (C=O) groups excluding carboxylic acids is 2. The van der Waals surface area contributed by atoms with Crippen molar-refractivity contribution in [2.45, 2.75) is 26.9 Å². The maximum atomic E-state index is 12.5. The number of H-pyrrole nitrogens is 1. The van der Waals surface area contributed by atoms with Crippen LogP contribution in [0.2, 0.25) is 0 Å². The molecule has 6 nitrogen and oxygen atoms in total. The minimum atomic E-state index is -0.425. The molecule has 1 aromatic heterocycles. The second-order valence-corrected chi connectivity index (χ2v) is 5.05. The van der Waals surface area contributed by atoms with Gasteiger partial charge < -0.3 is 19.4 Å². The second-order valence-electron chi connectivity index (χ2n) is 5.05. The molecule has 0 saturated carbocycles. The molecule has 1 unspecified atom stereocenters. The van der Waals surface area contributed by atoms with Gasteiger partial charge in [-0.15, -0.1) is 0 Å². The summed E-state index contributed by atoms with van der Waals surface area (Å²) in [7, 11) is 1.33. The zero-order valence-electron chi connectivity index (χ0n) is 12.3. The van der Waals surface area contributed by atoms with Crippen molar-refractivity contribution >= 4 is 11.9 Å². The third-order valence-electron chi connectivity index (χ3n) is 3.57. The van der Waals surface area contributed by atoms with Crippen LogP contribution in [0.15, 0.2) is 0 Å². The van der Waals surface area contributed by atoms with Gasteiger partial charge in [0.05, 0.1) is 25.4 Å². The zero-order valence-corrected chi connectivity index (χ0v) is 12.3. The summed E-state index contributed by atoms with van der Waals surface area (Å²) in [6, 6.07) is 0. The molecular weight excluding hydrogens is 260 g/mol. The van der Waals surface area contributed by atoms with Crippen LogP contribution >= 0.6 is 0 Å². The third kappa shape index (κ3) is 2.56. The summed E-state index contributed by atoms with van der Waals surface area (Å²) >= 11 is 0. The predicted octanol–water partition coefficient (Wildman–Crippen LogP) is 1.28. The molecule has 20 heavy (non-hydrogen) atoms. The van der Waals surface area contributed by atoms with Crippen LogP contribution in [0, 0.1) is 13.8 Å². The van der Waals surface area contributed by atoms with Gasteiger partial charge in [0.1, 0.15) is 5.69 Å². The van der Waals surface area contributed by atoms with E-state index in [0.29, 0.717) is 42.2 Å². The number of aromatic amines is 1. The number of methoxy groups -OCH3 is 1. The lowest BCUT2D eigenvalue weighted by atomic mass is 10.1. The zero-order chi connectivity index (χ0) is 14.9. The van der Waals surface area contributed by atoms with Crippen LogP contribution in [0.1, 0.15) is 39.0 Å². The van der Waals surface area contributed by atoms with Crippen molar-refractivity contribution in [3.05, 3.63) is 22.5 Å². The number of nitrogens with one attached hydrogen (secondary N) is 1. The lowest BCUT2D eigenvalue weighted by molar-refractivity contribution is -0.0126. The number of morpholine rings is 1. The Balaban J connectivity index is 2.29. The Kier molecular flexibility index (Phi) is 4.13. The van der Waals surface area contributed by atoms with Crippen molar-refractivity contribution in [2.75, 3.05) is 26.8 Å². The molecule has 1 aliphatic heterocycles. The van der Waals surface area contributed by atoms with E-state index in [2.05, 4.69) is 4.98 Å². The lowest BCUT2D eigenvalue weighted by Crippen LogP contribution is -2.44. The molecule has 1 atom stereocenters. The van der Waals surface area contributed by atoms with Crippen LogP contribution in [-0.2, 0) is 9.47 Å². The molecule has 110 valence electrons. The van der Waals surface area contributed by atoms with Gasteiger partial charge in [-0.3, -0.25) is 4.79 Å². The van der Waals surface area contributed by atoms with Gasteiger partial charge in [-0.2, -0.15) is 0 Å². The number of aryl methyl sites for hydroxylation is 1. The number of aromatic nitrogens is 1. The van der Waals surface area contributed by atoms with E-state index in [9.17, 15) is 9.59 Å². The Morgan fingerprint density at radius 2 is 2.10 bits per heavy atom. The topological polar surface area (TPSA) is 71.6 Å². The molecule has 2 heterocycles. The van der Waals surface area contributed by atoms with E-state index >= 15 is 0 Å². The third-order valence-corrected chi connectivity index (χ3v) is 3.57. The molecule has 1 N–H and O–H groups in total. The molecule has 0 radical (unpaired) electrons. The highest BCUT2D eigenvalue weighted by Gasteiger charge is 2.28. The maximum absolute atomic E-state index is 12.5. The smallest absolute Gasteiger partial charge is 0.339 e. The molecule has 1 fully saturated rings. The van der Waals surface area contributed by atoms with E-state index in [0.717, 1.165) is 0 Å². The van der Waals surface area contributed by atoms with Crippen molar-refractivity contribution in [3.63, 3.8) is 0 Å². The SMILES string of the molecule is COC(=O)c1c(C)[nH]c(C(=O)N2CCOC(C)C2)c1C. The van der Waals surface area contributed by atoms with Crippen LogP contribution in [-0.4, -0.2) is 54.7 Å². The number of carbonyl (C=O) groups is 2. The van der Waals surface area contributed by atoms with Gasteiger partial charge in [-0.05, 0) is 26.3 Å². The number of hydrogen-bond acceptors (Lipinski definition) is 4. The standard InChI is InChI=1S/C14H20N2O4/c1-8-7-16(5-6-20-8)13(17)12-9(2)11(10(3)15-12)14(18)19-4/h8,15H,5-7H2,1-4H3. The number of amides is 1. The van der Waals surface area contributed by atoms with Crippen molar-refractivity contribution in [3.8, 4) is 0 Å². The van der Waals surface area contributed by atoms with Crippen LogP contribution < -0.4 is 0 Å². The van der Waals surface area contributed by atoms with Crippen LogP contribution in [0.3, 0.4) is 0 Å². The van der Waals surface area contributed by atoms with Crippen molar-refractivity contribution in [2.24, 2.45) is 0 Å². The highest BCUT2D eigenvalue weighted by molar-refractivity contribution is 6.00. The van der Waals surface area contributed by atoms with E-state index in [4.69, 9.17) is 9.47 Å². The minimum Gasteiger partial charge on any atom is -0.465 e. The monoisotopic (exact) mass is 280 g/mol.